The van der Waals surface area contributed by atoms with Gasteiger partial charge in [-0.3, -0.25) is 0 Å². The van der Waals surface area contributed by atoms with Gasteiger partial charge in [-0.25, -0.2) is 4.98 Å². The molecule has 0 bridgehead atoms. The highest BCUT2D eigenvalue weighted by molar-refractivity contribution is 5.54. The molecule has 0 unspecified atom stereocenters. The van der Waals surface area contributed by atoms with Crippen LogP contribution in [0.2, 0.25) is 0 Å². The van der Waals surface area contributed by atoms with Gasteiger partial charge in [-0.2, -0.15) is 28.1 Å². The van der Waals surface area contributed by atoms with Gasteiger partial charge in [-0.05, 0) is 53.7 Å². The lowest BCUT2D eigenvalue weighted by Gasteiger charge is -2.23. The van der Waals surface area contributed by atoms with Gasteiger partial charge in [0.1, 0.15) is 11.4 Å². The molecule has 0 fully saturated rings. The van der Waals surface area contributed by atoms with Crippen LogP contribution in [0.25, 0.3) is 11.5 Å². The number of pyridine rings is 1. The molecule has 0 amide bonds. The van der Waals surface area contributed by atoms with Crippen molar-refractivity contribution in [2.45, 2.75) is 58.8 Å². The highest BCUT2D eigenvalue weighted by Crippen LogP contribution is 2.29. The van der Waals surface area contributed by atoms with E-state index in [1.807, 2.05) is 41.5 Å². The lowest BCUT2D eigenvalue weighted by atomic mass is 10.1. The zero-order chi connectivity index (χ0) is 19.8. The molecule has 0 saturated carbocycles. The number of rotatable bonds is 3. The van der Waals surface area contributed by atoms with Crippen molar-refractivity contribution in [1.29, 1.82) is 0 Å². The van der Waals surface area contributed by atoms with E-state index in [0.717, 1.165) is 6.07 Å². The van der Waals surface area contributed by atoms with Crippen molar-refractivity contribution in [3.63, 3.8) is 0 Å². The summed E-state index contributed by atoms with van der Waals surface area (Å²) in [5.74, 6) is 0.575. The molecule has 0 aromatic carbocycles. The monoisotopic (exact) mass is 368 g/mol. The van der Waals surface area contributed by atoms with Gasteiger partial charge >= 0.3 is 6.18 Å². The zero-order valence-corrected chi connectivity index (χ0v) is 15.7. The molecule has 2 rings (SSSR count). The van der Waals surface area contributed by atoms with E-state index >= 15 is 0 Å². The summed E-state index contributed by atoms with van der Waals surface area (Å²) in [6, 6.07) is 3.63. The number of hydrogen-bond acceptors (Lipinski definition) is 6. The van der Waals surface area contributed by atoms with Crippen molar-refractivity contribution in [3.05, 3.63) is 23.9 Å². The van der Waals surface area contributed by atoms with Crippen LogP contribution in [0.5, 0.6) is 0 Å². The molecule has 6 nitrogen and oxygen atoms in total. The van der Waals surface area contributed by atoms with Gasteiger partial charge in [0.15, 0.2) is 5.82 Å². The number of hydrogen-bond donors (Lipinski definition) is 2. The van der Waals surface area contributed by atoms with E-state index in [1.165, 1.54) is 12.1 Å². The number of anilines is 2. The molecule has 2 aromatic rings. The lowest BCUT2D eigenvalue weighted by Crippen LogP contribution is -2.30. The number of nitrogens with zero attached hydrogens (tertiary/aromatic N) is 4. The second-order valence-electron chi connectivity index (χ2n) is 7.96. The minimum atomic E-state index is -4.54. The van der Waals surface area contributed by atoms with Crippen LogP contribution >= 0.6 is 0 Å². The predicted octanol–water partition coefficient (Wildman–Crippen LogP) is 4.37. The first-order valence-corrected chi connectivity index (χ1v) is 8.10. The minimum Gasteiger partial charge on any atom is -0.349 e. The van der Waals surface area contributed by atoms with Crippen LogP contribution in [0.3, 0.4) is 0 Å². The first-order valence-electron chi connectivity index (χ1n) is 8.10. The first kappa shape index (κ1) is 19.9. The molecular weight excluding hydrogens is 345 g/mol. The Labute approximate surface area is 150 Å². The van der Waals surface area contributed by atoms with Gasteiger partial charge in [0.2, 0.25) is 11.9 Å². The van der Waals surface area contributed by atoms with Crippen molar-refractivity contribution < 1.29 is 13.2 Å². The molecule has 0 radical (unpaired) electrons. The van der Waals surface area contributed by atoms with Crippen LogP contribution in [0.4, 0.5) is 25.1 Å². The molecule has 0 saturated heterocycles. The molecule has 26 heavy (non-hydrogen) atoms. The molecule has 2 aromatic heterocycles. The normalized spacial score (nSPS) is 12.8. The molecule has 142 valence electrons. The van der Waals surface area contributed by atoms with Gasteiger partial charge in [-0.15, -0.1) is 0 Å². The quantitative estimate of drug-likeness (QED) is 0.838. The fraction of sp³-hybridized carbons (Fsp3) is 0.529. The fourth-order valence-electron chi connectivity index (χ4n) is 1.99. The van der Waals surface area contributed by atoms with E-state index in [0.29, 0.717) is 0 Å². The van der Waals surface area contributed by atoms with Crippen LogP contribution in [-0.2, 0) is 6.18 Å². The lowest BCUT2D eigenvalue weighted by molar-refractivity contribution is -0.141. The van der Waals surface area contributed by atoms with E-state index in [1.54, 1.807) is 0 Å². The molecule has 0 aliphatic heterocycles. The fourth-order valence-corrected chi connectivity index (χ4v) is 1.99. The molecule has 0 atom stereocenters. The summed E-state index contributed by atoms with van der Waals surface area (Å²) in [7, 11) is 0. The van der Waals surface area contributed by atoms with Crippen molar-refractivity contribution in [1.82, 2.24) is 19.9 Å². The van der Waals surface area contributed by atoms with Crippen molar-refractivity contribution >= 4 is 11.9 Å². The second kappa shape index (κ2) is 6.69. The van der Waals surface area contributed by atoms with Crippen LogP contribution in [0, 0.1) is 0 Å². The van der Waals surface area contributed by atoms with Gasteiger partial charge in [0, 0.05) is 11.1 Å². The highest BCUT2D eigenvalue weighted by atomic mass is 19.4. The standard InChI is InChI=1S/C17H23F3N6/c1-15(2,3)25-13-22-12(23-14(24-13)26-16(4,5)6)10-8-7-9-11(21-10)17(18,19)20/h7-9H,1-6H3,(H2,22,23,24,25,26). The Morgan fingerprint density at radius 3 is 1.65 bits per heavy atom. The zero-order valence-electron chi connectivity index (χ0n) is 15.7. The molecule has 0 aliphatic rings. The van der Waals surface area contributed by atoms with Crippen LogP contribution < -0.4 is 10.6 Å². The minimum absolute atomic E-state index is 0.0242. The van der Waals surface area contributed by atoms with Gasteiger partial charge < -0.3 is 10.6 Å². The maximum absolute atomic E-state index is 12.9. The summed E-state index contributed by atoms with van der Waals surface area (Å²) in [5.41, 5.74) is -1.64. The summed E-state index contributed by atoms with van der Waals surface area (Å²) in [4.78, 5) is 16.4. The number of nitrogens with one attached hydrogen (secondary N) is 2. The van der Waals surface area contributed by atoms with Crippen molar-refractivity contribution in [3.8, 4) is 11.5 Å². The maximum atomic E-state index is 12.9. The molecule has 0 aliphatic carbocycles. The summed E-state index contributed by atoms with van der Waals surface area (Å²) in [5, 5.41) is 6.22. The number of alkyl halides is 3. The van der Waals surface area contributed by atoms with E-state index in [2.05, 4.69) is 30.6 Å². The Hall–Kier alpha value is -2.45. The van der Waals surface area contributed by atoms with Gasteiger partial charge in [0.25, 0.3) is 0 Å². The predicted molar refractivity (Wildman–Crippen MR) is 94.8 cm³/mol. The third-order valence-electron chi connectivity index (χ3n) is 2.88. The summed E-state index contributed by atoms with van der Waals surface area (Å²) in [6.07, 6.45) is -4.54. The summed E-state index contributed by atoms with van der Waals surface area (Å²) in [6.45, 7) is 11.6. The molecule has 0 spiro atoms. The smallest absolute Gasteiger partial charge is 0.349 e. The second-order valence-corrected chi connectivity index (χ2v) is 7.96. The Balaban J connectivity index is 2.53. The number of halogens is 3. The Morgan fingerprint density at radius 1 is 0.731 bits per heavy atom. The first-order chi connectivity index (χ1) is 11.7. The summed E-state index contributed by atoms with van der Waals surface area (Å²) < 4.78 is 38.8. The van der Waals surface area contributed by atoms with E-state index < -0.39 is 11.9 Å². The Kier molecular flexibility index (Phi) is 5.12. The average molecular weight is 368 g/mol. The van der Waals surface area contributed by atoms with Gasteiger partial charge in [0.05, 0.1) is 0 Å². The van der Waals surface area contributed by atoms with Crippen LogP contribution in [0.1, 0.15) is 47.2 Å². The molecule has 2 N–H and O–H groups in total. The average Bonchev–Trinajstić information content (AvgIpc) is 2.42. The molecule has 2 heterocycles. The topological polar surface area (TPSA) is 75.6 Å². The third kappa shape index (κ3) is 5.82. The maximum Gasteiger partial charge on any atom is 0.433 e. The van der Waals surface area contributed by atoms with Gasteiger partial charge in [-0.1, -0.05) is 6.07 Å². The Bertz CT molecular complexity index is 741. The van der Waals surface area contributed by atoms with Crippen molar-refractivity contribution in [2.24, 2.45) is 0 Å². The SMILES string of the molecule is CC(C)(C)Nc1nc(NC(C)(C)C)nc(-c2cccc(C(F)(F)F)n2)n1. The van der Waals surface area contributed by atoms with Crippen molar-refractivity contribution in [2.75, 3.05) is 10.6 Å². The summed E-state index contributed by atoms with van der Waals surface area (Å²) >= 11 is 0. The van der Waals surface area contributed by atoms with E-state index in [4.69, 9.17) is 0 Å². The van der Waals surface area contributed by atoms with Crippen LogP contribution in [0.15, 0.2) is 18.2 Å². The Morgan fingerprint density at radius 2 is 1.23 bits per heavy atom. The molecule has 9 heteroatoms. The highest BCUT2D eigenvalue weighted by Gasteiger charge is 2.32. The largest absolute Gasteiger partial charge is 0.433 e. The van der Waals surface area contributed by atoms with Crippen LogP contribution in [-0.4, -0.2) is 31.0 Å². The molecular formula is C17H23F3N6. The number of aromatic nitrogens is 4. The third-order valence-corrected chi connectivity index (χ3v) is 2.88. The van der Waals surface area contributed by atoms with E-state index in [9.17, 15) is 13.2 Å². The van der Waals surface area contributed by atoms with E-state index in [-0.39, 0.29) is 34.5 Å².